The lowest BCUT2D eigenvalue weighted by Crippen LogP contribution is -2.48. The molecule has 0 spiro atoms. The summed E-state index contributed by atoms with van der Waals surface area (Å²) < 4.78 is 17.5. The van der Waals surface area contributed by atoms with Gasteiger partial charge in [0.15, 0.2) is 8.32 Å². The van der Waals surface area contributed by atoms with Crippen LogP contribution in [0, 0.1) is 0 Å². The minimum Gasteiger partial charge on any atom is -0.489 e. The van der Waals surface area contributed by atoms with Gasteiger partial charge in [-0.15, -0.1) is 0 Å². The predicted molar refractivity (Wildman–Crippen MR) is 131 cm³/mol. The largest absolute Gasteiger partial charge is 0.489 e. The minimum atomic E-state index is -2.08. The molecule has 1 fully saturated rings. The van der Waals surface area contributed by atoms with Crippen LogP contribution in [0.5, 0.6) is 5.75 Å². The molecule has 33 heavy (non-hydrogen) atoms. The number of carbonyl (C=O) groups is 2. The summed E-state index contributed by atoms with van der Waals surface area (Å²) in [5.74, 6) is 0.212. The number of nitrogens with zero attached hydrogens (tertiary/aromatic N) is 1. The average molecular weight is 468 g/mol. The van der Waals surface area contributed by atoms with Crippen LogP contribution in [0.2, 0.25) is 18.1 Å². The van der Waals surface area contributed by atoms with Gasteiger partial charge in [-0.25, -0.2) is 9.69 Å². The van der Waals surface area contributed by atoms with Crippen LogP contribution in [-0.4, -0.2) is 44.0 Å². The van der Waals surface area contributed by atoms with Crippen LogP contribution in [0.15, 0.2) is 67.3 Å². The van der Waals surface area contributed by atoms with Gasteiger partial charge in [0.25, 0.3) is 5.91 Å². The van der Waals surface area contributed by atoms with E-state index in [1.807, 2.05) is 30.3 Å². The van der Waals surface area contributed by atoms with Crippen LogP contribution in [0.3, 0.4) is 0 Å². The third-order valence-corrected chi connectivity index (χ3v) is 10.9. The van der Waals surface area contributed by atoms with Crippen LogP contribution in [0.25, 0.3) is 0 Å². The van der Waals surface area contributed by atoms with Crippen molar-refractivity contribution in [3.8, 4) is 5.75 Å². The Labute approximate surface area is 197 Å². The number of hydrogen-bond donors (Lipinski definition) is 0. The molecule has 2 aromatic carbocycles. The molecule has 3 rings (SSSR count). The van der Waals surface area contributed by atoms with Crippen molar-refractivity contribution >= 4 is 20.3 Å². The van der Waals surface area contributed by atoms with Crippen molar-refractivity contribution in [2.75, 3.05) is 6.61 Å². The third kappa shape index (κ3) is 5.72. The van der Waals surface area contributed by atoms with Gasteiger partial charge in [-0.2, -0.15) is 0 Å². The van der Waals surface area contributed by atoms with Crippen LogP contribution in [0.4, 0.5) is 4.79 Å². The average Bonchev–Trinajstić information content (AvgIpc) is 3.11. The number of cyclic esters (lactones) is 1. The van der Waals surface area contributed by atoms with Gasteiger partial charge in [-0.3, -0.25) is 4.79 Å². The highest BCUT2D eigenvalue weighted by atomic mass is 28.4. The van der Waals surface area contributed by atoms with Crippen LogP contribution in [-0.2, 0) is 15.8 Å². The second-order valence-electron chi connectivity index (χ2n) is 9.70. The van der Waals surface area contributed by atoms with E-state index in [0.29, 0.717) is 17.9 Å². The van der Waals surface area contributed by atoms with Crippen LogP contribution >= 0.6 is 0 Å². The summed E-state index contributed by atoms with van der Waals surface area (Å²) in [7, 11) is -2.08. The first-order valence-electron chi connectivity index (χ1n) is 11.1. The Morgan fingerprint density at radius 3 is 2.33 bits per heavy atom. The van der Waals surface area contributed by atoms with Crippen molar-refractivity contribution in [2.45, 2.75) is 57.7 Å². The van der Waals surface area contributed by atoms with Crippen LogP contribution < -0.4 is 4.74 Å². The van der Waals surface area contributed by atoms with Crippen molar-refractivity contribution in [1.29, 1.82) is 0 Å². The smallest absolute Gasteiger partial charge is 0.417 e. The molecule has 1 aliphatic heterocycles. The Bertz CT molecular complexity index is 982. The lowest BCUT2D eigenvalue weighted by molar-refractivity contribution is 0.0733. The quantitative estimate of drug-likeness (QED) is 0.362. The number of ether oxygens (including phenoxy) is 2. The molecule has 6 nitrogen and oxygen atoms in total. The molecule has 0 unspecified atom stereocenters. The lowest BCUT2D eigenvalue weighted by atomic mass is 10.1. The molecule has 0 radical (unpaired) electrons. The Hall–Kier alpha value is -2.90. The van der Waals surface area contributed by atoms with E-state index in [0.717, 1.165) is 10.5 Å². The zero-order chi connectivity index (χ0) is 24.2. The fraction of sp³-hybridized carbons (Fsp3) is 0.385. The Morgan fingerprint density at radius 2 is 1.76 bits per heavy atom. The van der Waals surface area contributed by atoms with Gasteiger partial charge in [0.2, 0.25) is 0 Å². The van der Waals surface area contributed by atoms with Gasteiger partial charge in [0.1, 0.15) is 24.5 Å². The Balaban J connectivity index is 1.71. The normalized spacial score (nSPS) is 18.7. The molecule has 1 saturated heterocycles. The maximum atomic E-state index is 13.2. The summed E-state index contributed by atoms with van der Waals surface area (Å²) in [6, 6.07) is 16.0. The summed E-state index contributed by atoms with van der Waals surface area (Å²) >= 11 is 0. The number of hydrogen-bond acceptors (Lipinski definition) is 5. The molecule has 0 aliphatic carbocycles. The standard InChI is InChI=1S/C26H33NO5Si/c1-7-23-22(18-31-33(5,6)26(2,3)4)27(25(29)32-23)24(28)20-13-15-21(16-14-20)30-17-19-11-9-8-10-12-19/h7-16,22-23H,1,17-18H2,2-6H3/t22-,23-/m1/s1. The van der Waals surface area contributed by atoms with Gasteiger partial charge in [0, 0.05) is 5.56 Å². The number of amides is 2. The van der Waals surface area contributed by atoms with Crippen molar-refractivity contribution in [2.24, 2.45) is 0 Å². The molecular weight excluding hydrogens is 434 g/mol. The summed E-state index contributed by atoms with van der Waals surface area (Å²) in [6.45, 7) is 15.1. The Morgan fingerprint density at radius 1 is 1.12 bits per heavy atom. The van der Waals surface area contributed by atoms with Crippen molar-refractivity contribution in [1.82, 2.24) is 4.90 Å². The molecular formula is C26H33NO5Si. The van der Waals surface area contributed by atoms with Gasteiger partial charge < -0.3 is 13.9 Å². The molecule has 2 amide bonds. The number of benzene rings is 2. The highest BCUT2D eigenvalue weighted by molar-refractivity contribution is 6.74. The monoisotopic (exact) mass is 467 g/mol. The Kier molecular flexibility index (Phi) is 7.44. The maximum Gasteiger partial charge on any atom is 0.417 e. The number of carbonyl (C=O) groups excluding carboxylic acids is 2. The maximum absolute atomic E-state index is 13.2. The molecule has 0 N–H and O–H groups in total. The number of rotatable bonds is 8. The van der Waals surface area contributed by atoms with E-state index < -0.39 is 32.5 Å². The van der Waals surface area contributed by atoms with E-state index in [4.69, 9.17) is 13.9 Å². The molecule has 1 aliphatic rings. The molecule has 2 aromatic rings. The lowest BCUT2D eigenvalue weighted by Gasteiger charge is -2.37. The van der Waals surface area contributed by atoms with Crippen LogP contribution in [0.1, 0.15) is 36.7 Å². The topological polar surface area (TPSA) is 65.1 Å². The van der Waals surface area contributed by atoms with Gasteiger partial charge in [-0.05, 0) is 54.0 Å². The summed E-state index contributed by atoms with van der Waals surface area (Å²) in [5, 5.41) is 0.00453. The highest BCUT2D eigenvalue weighted by Crippen LogP contribution is 2.37. The molecule has 2 atom stereocenters. The third-order valence-electron chi connectivity index (χ3n) is 6.37. The summed E-state index contributed by atoms with van der Waals surface area (Å²) in [5.41, 5.74) is 1.43. The second kappa shape index (κ2) is 9.93. The first-order valence-corrected chi connectivity index (χ1v) is 14.0. The fourth-order valence-corrected chi connectivity index (χ4v) is 4.25. The first-order chi connectivity index (χ1) is 15.5. The van der Waals surface area contributed by atoms with E-state index in [1.165, 1.54) is 0 Å². The number of imide groups is 1. The minimum absolute atomic E-state index is 0.00453. The SMILES string of the molecule is C=C[C@H]1OC(=O)N(C(=O)c2ccc(OCc3ccccc3)cc2)[C@@H]1CO[Si](C)(C)C(C)(C)C. The van der Waals surface area contributed by atoms with Gasteiger partial charge in [0.05, 0.1) is 6.61 Å². The summed E-state index contributed by atoms with van der Waals surface area (Å²) in [4.78, 5) is 27.0. The predicted octanol–water partition coefficient (Wildman–Crippen LogP) is 5.80. The highest BCUT2D eigenvalue weighted by Gasteiger charge is 2.46. The molecule has 1 heterocycles. The second-order valence-corrected chi connectivity index (χ2v) is 14.5. The van der Waals surface area contributed by atoms with Crippen molar-refractivity contribution < 1.29 is 23.5 Å². The molecule has 0 bridgehead atoms. The fourth-order valence-electron chi connectivity index (χ4n) is 3.23. The van der Waals surface area contributed by atoms with Crippen molar-refractivity contribution in [3.63, 3.8) is 0 Å². The first kappa shape index (κ1) is 24.7. The summed E-state index contributed by atoms with van der Waals surface area (Å²) in [6.07, 6.45) is 0.253. The van der Waals surface area contributed by atoms with E-state index in [9.17, 15) is 9.59 Å². The van der Waals surface area contributed by atoms with E-state index in [-0.39, 0.29) is 11.6 Å². The zero-order valence-corrected chi connectivity index (χ0v) is 21.0. The van der Waals surface area contributed by atoms with E-state index in [1.54, 1.807) is 30.3 Å². The van der Waals surface area contributed by atoms with Crippen molar-refractivity contribution in [3.05, 3.63) is 78.4 Å². The molecule has 7 heteroatoms. The van der Waals surface area contributed by atoms with E-state index >= 15 is 0 Å². The molecule has 176 valence electrons. The van der Waals surface area contributed by atoms with Gasteiger partial charge >= 0.3 is 6.09 Å². The molecule has 0 saturated carbocycles. The zero-order valence-electron chi connectivity index (χ0n) is 20.0. The van der Waals surface area contributed by atoms with E-state index in [2.05, 4.69) is 40.4 Å². The van der Waals surface area contributed by atoms with Gasteiger partial charge in [-0.1, -0.05) is 57.7 Å². The molecule has 0 aromatic heterocycles.